The van der Waals surface area contributed by atoms with Gasteiger partial charge in [0.05, 0.1) is 25.1 Å². The Labute approximate surface area is 162 Å². The molecule has 0 fully saturated rings. The fourth-order valence-electron chi connectivity index (χ4n) is 2.80. The van der Waals surface area contributed by atoms with Gasteiger partial charge in [0.1, 0.15) is 0 Å². The summed E-state index contributed by atoms with van der Waals surface area (Å²) in [7, 11) is 0. The van der Waals surface area contributed by atoms with Crippen molar-refractivity contribution in [2.75, 3.05) is 18.5 Å². The molecule has 7 nitrogen and oxygen atoms in total. The van der Waals surface area contributed by atoms with Crippen molar-refractivity contribution in [2.24, 2.45) is 0 Å². The molecule has 0 bridgehead atoms. The Morgan fingerprint density at radius 2 is 1.75 bits per heavy atom. The normalized spacial score (nSPS) is 10.5. The molecule has 0 spiro atoms. The number of benzene rings is 2. The highest BCUT2D eigenvalue weighted by Crippen LogP contribution is 2.18. The Morgan fingerprint density at radius 3 is 2.50 bits per heavy atom. The molecule has 3 N–H and O–H groups in total. The van der Waals surface area contributed by atoms with Crippen molar-refractivity contribution in [3.8, 4) is 0 Å². The summed E-state index contributed by atoms with van der Waals surface area (Å²) in [4.78, 5) is 38.9. The molecule has 0 atom stereocenters. The lowest BCUT2D eigenvalue weighted by molar-refractivity contribution is -0.123. The Bertz CT molecular complexity index is 992. The van der Waals surface area contributed by atoms with Gasteiger partial charge in [-0.15, -0.1) is 0 Å². The average Bonchev–Trinajstić information content (AvgIpc) is 3.10. The number of esters is 1. The highest BCUT2D eigenvalue weighted by molar-refractivity contribution is 5.96. The minimum absolute atomic E-state index is 0.138. The van der Waals surface area contributed by atoms with E-state index in [0.717, 1.165) is 16.5 Å². The van der Waals surface area contributed by atoms with Crippen molar-refractivity contribution in [2.45, 2.75) is 13.3 Å². The average molecular weight is 379 g/mol. The number of carbonyl (C=O) groups is 3. The highest BCUT2D eigenvalue weighted by atomic mass is 16.5. The standard InChI is InChI=1S/C21H21N3O4/c1-2-28-21(27)14-7-9-16(10-8-14)24-20(26)13-23-19(25)11-15-12-22-18-6-4-3-5-17(15)18/h3-10,12,22H,2,11,13H2,1H3,(H,23,25)(H,24,26). The SMILES string of the molecule is CCOC(=O)c1ccc(NC(=O)CNC(=O)Cc2c[nH]c3ccccc23)cc1. The van der Waals surface area contributed by atoms with E-state index in [1.54, 1.807) is 37.4 Å². The number of nitrogens with one attached hydrogen (secondary N) is 3. The van der Waals surface area contributed by atoms with Crippen molar-refractivity contribution in [3.63, 3.8) is 0 Å². The number of hydrogen-bond donors (Lipinski definition) is 3. The van der Waals surface area contributed by atoms with Crippen LogP contribution in [0.2, 0.25) is 0 Å². The Hall–Kier alpha value is -3.61. The third-order valence-electron chi connectivity index (χ3n) is 4.15. The van der Waals surface area contributed by atoms with Crippen LogP contribution >= 0.6 is 0 Å². The van der Waals surface area contributed by atoms with Crippen LogP contribution in [0.1, 0.15) is 22.8 Å². The first-order chi connectivity index (χ1) is 13.6. The van der Waals surface area contributed by atoms with Crippen LogP contribution in [0.5, 0.6) is 0 Å². The number of aromatic amines is 1. The zero-order chi connectivity index (χ0) is 19.9. The summed E-state index contributed by atoms with van der Waals surface area (Å²) < 4.78 is 4.91. The number of rotatable bonds is 7. The summed E-state index contributed by atoms with van der Waals surface area (Å²) in [5.41, 5.74) is 2.79. The van der Waals surface area contributed by atoms with Crippen LogP contribution in [0.25, 0.3) is 10.9 Å². The molecular formula is C21H21N3O4. The minimum Gasteiger partial charge on any atom is -0.462 e. The molecule has 7 heteroatoms. The quantitative estimate of drug-likeness (QED) is 0.550. The Kier molecular flexibility index (Phi) is 6.06. The lowest BCUT2D eigenvalue weighted by Crippen LogP contribution is -2.33. The molecule has 2 amide bonds. The van der Waals surface area contributed by atoms with E-state index in [0.29, 0.717) is 17.9 Å². The van der Waals surface area contributed by atoms with E-state index in [9.17, 15) is 14.4 Å². The minimum atomic E-state index is -0.412. The van der Waals surface area contributed by atoms with E-state index < -0.39 is 5.97 Å². The number of H-pyrrole nitrogens is 1. The molecule has 0 saturated heterocycles. The molecule has 1 aromatic heterocycles. The van der Waals surface area contributed by atoms with Crippen LogP contribution < -0.4 is 10.6 Å². The third kappa shape index (κ3) is 4.76. The van der Waals surface area contributed by atoms with Gasteiger partial charge >= 0.3 is 5.97 Å². The number of carbonyl (C=O) groups excluding carboxylic acids is 3. The first-order valence-corrected chi connectivity index (χ1v) is 8.95. The highest BCUT2D eigenvalue weighted by Gasteiger charge is 2.11. The number of aromatic nitrogens is 1. The van der Waals surface area contributed by atoms with E-state index in [4.69, 9.17) is 4.74 Å². The molecule has 28 heavy (non-hydrogen) atoms. The van der Waals surface area contributed by atoms with Gasteiger partial charge < -0.3 is 20.4 Å². The van der Waals surface area contributed by atoms with Gasteiger partial charge in [-0.25, -0.2) is 4.79 Å². The summed E-state index contributed by atoms with van der Waals surface area (Å²) >= 11 is 0. The Morgan fingerprint density at radius 1 is 1.00 bits per heavy atom. The largest absolute Gasteiger partial charge is 0.462 e. The maximum atomic E-state index is 12.1. The molecule has 0 unspecified atom stereocenters. The van der Waals surface area contributed by atoms with Gasteiger partial charge in [0.2, 0.25) is 11.8 Å². The summed E-state index contributed by atoms with van der Waals surface area (Å²) in [6.07, 6.45) is 1.99. The monoisotopic (exact) mass is 379 g/mol. The molecule has 144 valence electrons. The molecule has 0 aliphatic heterocycles. The number of hydrogen-bond acceptors (Lipinski definition) is 4. The molecule has 2 aromatic carbocycles. The smallest absolute Gasteiger partial charge is 0.338 e. The summed E-state index contributed by atoms with van der Waals surface area (Å²) in [6.45, 7) is 1.90. The third-order valence-corrected chi connectivity index (χ3v) is 4.15. The van der Waals surface area contributed by atoms with Crippen molar-refractivity contribution >= 4 is 34.4 Å². The predicted molar refractivity (Wildman–Crippen MR) is 106 cm³/mol. The number of anilines is 1. The topological polar surface area (TPSA) is 100 Å². The van der Waals surface area contributed by atoms with E-state index in [1.807, 2.05) is 24.3 Å². The van der Waals surface area contributed by atoms with E-state index in [-0.39, 0.29) is 24.8 Å². The fraction of sp³-hybridized carbons (Fsp3) is 0.190. The molecule has 0 aliphatic rings. The molecule has 3 rings (SSSR count). The van der Waals surface area contributed by atoms with E-state index in [2.05, 4.69) is 15.6 Å². The van der Waals surface area contributed by atoms with Gasteiger partial charge in [0.25, 0.3) is 0 Å². The zero-order valence-electron chi connectivity index (χ0n) is 15.5. The van der Waals surface area contributed by atoms with Gasteiger partial charge in [-0.1, -0.05) is 18.2 Å². The number of fused-ring (bicyclic) bond motifs is 1. The predicted octanol–water partition coefficient (Wildman–Crippen LogP) is 2.64. The van der Waals surface area contributed by atoms with Gasteiger partial charge in [-0.2, -0.15) is 0 Å². The molecule has 0 radical (unpaired) electrons. The molecule has 1 heterocycles. The second-order valence-electron chi connectivity index (χ2n) is 6.16. The first kappa shape index (κ1) is 19.2. The lowest BCUT2D eigenvalue weighted by atomic mass is 10.1. The van der Waals surface area contributed by atoms with Gasteiger partial charge in [0.15, 0.2) is 0 Å². The van der Waals surface area contributed by atoms with Crippen molar-refractivity contribution in [1.82, 2.24) is 10.3 Å². The van der Waals surface area contributed by atoms with Crippen LogP contribution in [0.15, 0.2) is 54.7 Å². The molecule has 3 aromatic rings. The zero-order valence-corrected chi connectivity index (χ0v) is 15.5. The summed E-state index contributed by atoms with van der Waals surface area (Å²) in [5.74, 6) is -1.00. The maximum Gasteiger partial charge on any atom is 0.338 e. The van der Waals surface area contributed by atoms with Gasteiger partial charge in [-0.05, 0) is 42.8 Å². The second-order valence-corrected chi connectivity index (χ2v) is 6.16. The van der Waals surface area contributed by atoms with Crippen LogP contribution in [0.4, 0.5) is 5.69 Å². The molecular weight excluding hydrogens is 358 g/mol. The van der Waals surface area contributed by atoms with Crippen molar-refractivity contribution < 1.29 is 19.1 Å². The van der Waals surface area contributed by atoms with Crippen LogP contribution in [-0.2, 0) is 20.7 Å². The number of amides is 2. The van der Waals surface area contributed by atoms with Crippen molar-refractivity contribution in [1.29, 1.82) is 0 Å². The maximum absolute atomic E-state index is 12.1. The van der Waals surface area contributed by atoms with Crippen LogP contribution in [-0.4, -0.2) is 35.9 Å². The summed E-state index contributed by atoms with van der Waals surface area (Å²) in [6, 6.07) is 14.1. The van der Waals surface area contributed by atoms with Crippen LogP contribution in [0.3, 0.4) is 0 Å². The van der Waals surface area contributed by atoms with Crippen molar-refractivity contribution in [3.05, 3.63) is 65.9 Å². The Balaban J connectivity index is 1.48. The van der Waals surface area contributed by atoms with E-state index >= 15 is 0 Å². The van der Waals surface area contributed by atoms with Gasteiger partial charge in [0, 0.05) is 22.8 Å². The lowest BCUT2D eigenvalue weighted by Gasteiger charge is -2.08. The number of ether oxygens (including phenoxy) is 1. The fourth-order valence-corrected chi connectivity index (χ4v) is 2.80. The van der Waals surface area contributed by atoms with E-state index in [1.165, 1.54) is 0 Å². The molecule has 0 saturated carbocycles. The first-order valence-electron chi connectivity index (χ1n) is 8.95. The number of para-hydroxylation sites is 1. The van der Waals surface area contributed by atoms with Crippen LogP contribution in [0, 0.1) is 0 Å². The molecule has 0 aliphatic carbocycles. The summed E-state index contributed by atoms with van der Waals surface area (Å²) in [5, 5.41) is 6.27. The second kappa shape index (κ2) is 8.85. The van der Waals surface area contributed by atoms with Gasteiger partial charge in [-0.3, -0.25) is 9.59 Å².